The molecule has 132 valence electrons. The second-order valence-corrected chi connectivity index (χ2v) is 6.33. The van der Waals surface area contributed by atoms with E-state index in [0.29, 0.717) is 24.2 Å². The van der Waals surface area contributed by atoms with E-state index >= 15 is 0 Å². The van der Waals surface area contributed by atoms with E-state index in [9.17, 15) is 14.3 Å². The summed E-state index contributed by atoms with van der Waals surface area (Å²) in [4.78, 5) is 12.7. The van der Waals surface area contributed by atoms with Crippen LogP contribution in [0.15, 0.2) is 24.3 Å². The molecule has 1 saturated carbocycles. The summed E-state index contributed by atoms with van der Waals surface area (Å²) >= 11 is 0. The van der Waals surface area contributed by atoms with Crippen molar-refractivity contribution in [2.75, 3.05) is 6.54 Å². The number of aliphatic hydroxyl groups is 1. The van der Waals surface area contributed by atoms with Crippen molar-refractivity contribution in [3.8, 4) is 0 Å². The number of nitrogens with zero attached hydrogens (tertiary/aromatic N) is 4. The van der Waals surface area contributed by atoms with Crippen molar-refractivity contribution >= 4 is 17.7 Å². The van der Waals surface area contributed by atoms with Gasteiger partial charge in [-0.2, -0.15) is 4.68 Å². The zero-order valence-electron chi connectivity index (χ0n) is 13.9. The summed E-state index contributed by atoms with van der Waals surface area (Å²) in [5, 5.41) is 24.4. The lowest BCUT2D eigenvalue weighted by molar-refractivity contribution is -0.117. The maximum absolute atomic E-state index is 13.1. The highest BCUT2D eigenvalue weighted by atomic mass is 19.1. The molecule has 8 heteroatoms. The van der Waals surface area contributed by atoms with Gasteiger partial charge in [-0.05, 0) is 54.0 Å². The van der Waals surface area contributed by atoms with Crippen LogP contribution >= 0.6 is 0 Å². The molecule has 0 spiro atoms. The van der Waals surface area contributed by atoms with Crippen LogP contribution in [0.25, 0.3) is 11.8 Å². The lowest BCUT2D eigenvalue weighted by Gasteiger charge is -2.22. The largest absolute Gasteiger partial charge is 0.388 e. The standard InChI is InChI=1S/C17H20FN5O2/c1-12-20-21-22-23(12)15(10-13-4-6-14(18)7-5-13)16(24)19-11-17(25)8-2-3-9-17/h4-7,10,25H,2-3,8-9,11H2,1H3,(H,19,24)/b15-10+. The van der Waals surface area contributed by atoms with Gasteiger partial charge < -0.3 is 10.4 Å². The van der Waals surface area contributed by atoms with Crippen molar-refractivity contribution in [1.29, 1.82) is 0 Å². The molecule has 0 radical (unpaired) electrons. The first-order valence-corrected chi connectivity index (χ1v) is 8.20. The summed E-state index contributed by atoms with van der Waals surface area (Å²) in [7, 11) is 0. The Hall–Kier alpha value is -2.61. The van der Waals surface area contributed by atoms with Crippen LogP contribution in [0.4, 0.5) is 4.39 Å². The number of hydrogen-bond donors (Lipinski definition) is 2. The fourth-order valence-electron chi connectivity index (χ4n) is 2.94. The molecular formula is C17H20FN5O2. The number of benzene rings is 1. The second-order valence-electron chi connectivity index (χ2n) is 6.33. The fraction of sp³-hybridized carbons (Fsp3) is 0.412. The third-order valence-electron chi connectivity index (χ3n) is 4.37. The van der Waals surface area contributed by atoms with E-state index < -0.39 is 11.5 Å². The van der Waals surface area contributed by atoms with Gasteiger partial charge in [0.25, 0.3) is 5.91 Å². The molecule has 1 heterocycles. The molecule has 1 amide bonds. The highest BCUT2D eigenvalue weighted by Gasteiger charge is 2.32. The summed E-state index contributed by atoms with van der Waals surface area (Å²) in [5.41, 5.74) is -0.0107. The van der Waals surface area contributed by atoms with Crippen molar-refractivity contribution in [3.63, 3.8) is 0 Å². The van der Waals surface area contributed by atoms with Crippen molar-refractivity contribution in [1.82, 2.24) is 25.5 Å². The van der Waals surface area contributed by atoms with Crippen molar-refractivity contribution in [2.24, 2.45) is 0 Å². The van der Waals surface area contributed by atoms with Gasteiger partial charge in [-0.1, -0.05) is 25.0 Å². The average molecular weight is 345 g/mol. The van der Waals surface area contributed by atoms with E-state index in [0.717, 1.165) is 12.8 Å². The third-order valence-corrected chi connectivity index (χ3v) is 4.37. The van der Waals surface area contributed by atoms with E-state index in [1.807, 2.05) is 0 Å². The van der Waals surface area contributed by atoms with Crippen LogP contribution in [0.2, 0.25) is 0 Å². The zero-order valence-corrected chi connectivity index (χ0v) is 13.9. The van der Waals surface area contributed by atoms with E-state index in [4.69, 9.17) is 0 Å². The second kappa shape index (κ2) is 7.10. The summed E-state index contributed by atoms with van der Waals surface area (Å²) in [6.07, 6.45) is 4.84. The Morgan fingerprint density at radius 1 is 1.36 bits per heavy atom. The molecule has 0 atom stereocenters. The van der Waals surface area contributed by atoms with Crippen LogP contribution in [-0.4, -0.2) is 43.4 Å². The number of aromatic nitrogens is 4. The monoisotopic (exact) mass is 345 g/mol. The molecule has 0 bridgehead atoms. The molecule has 0 saturated heterocycles. The predicted octanol–water partition coefficient (Wildman–Crippen LogP) is 1.54. The van der Waals surface area contributed by atoms with Gasteiger partial charge in [0.05, 0.1) is 5.60 Å². The number of nitrogens with one attached hydrogen (secondary N) is 1. The van der Waals surface area contributed by atoms with Crippen LogP contribution in [0.5, 0.6) is 0 Å². The van der Waals surface area contributed by atoms with E-state index in [2.05, 4.69) is 20.8 Å². The van der Waals surface area contributed by atoms with E-state index in [1.165, 1.54) is 16.8 Å². The van der Waals surface area contributed by atoms with Crippen LogP contribution in [0.3, 0.4) is 0 Å². The maximum Gasteiger partial charge on any atom is 0.270 e. The summed E-state index contributed by atoms with van der Waals surface area (Å²) in [5.74, 6) is -0.312. The zero-order chi connectivity index (χ0) is 17.9. The number of amides is 1. The number of carbonyl (C=O) groups is 1. The highest BCUT2D eigenvalue weighted by Crippen LogP contribution is 2.28. The Kier molecular flexibility index (Phi) is 4.89. The normalized spacial score (nSPS) is 16.8. The van der Waals surface area contributed by atoms with Gasteiger partial charge in [-0.3, -0.25) is 4.79 Å². The third kappa shape index (κ3) is 4.08. The van der Waals surface area contributed by atoms with Crippen LogP contribution in [-0.2, 0) is 4.79 Å². The molecule has 1 aromatic carbocycles. The molecule has 1 aliphatic carbocycles. The molecule has 2 N–H and O–H groups in total. The molecule has 0 unspecified atom stereocenters. The number of hydrogen-bond acceptors (Lipinski definition) is 5. The lowest BCUT2D eigenvalue weighted by Crippen LogP contribution is -2.41. The summed E-state index contributed by atoms with van der Waals surface area (Å²) < 4.78 is 14.4. The maximum atomic E-state index is 13.1. The van der Waals surface area contributed by atoms with Crippen LogP contribution < -0.4 is 5.32 Å². The molecule has 7 nitrogen and oxygen atoms in total. The molecular weight excluding hydrogens is 325 g/mol. The van der Waals surface area contributed by atoms with Gasteiger partial charge >= 0.3 is 0 Å². The fourth-order valence-corrected chi connectivity index (χ4v) is 2.94. The van der Waals surface area contributed by atoms with Gasteiger partial charge in [0.2, 0.25) is 0 Å². The SMILES string of the molecule is Cc1nnnn1/C(=C/c1ccc(F)cc1)C(=O)NCC1(O)CCCC1. The first-order chi connectivity index (χ1) is 12.0. The van der Waals surface area contributed by atoms with Crippen molar-refractivity contribution < 1.29 is 14.3 Å². The topological polar surface area (TPSA) is 92.9 Å². The van der Waals surface area contributed by atoms with Gasteiger partial charge in [-0.25, -0.2) is 4.39 Å². The minimum absolute atomic E-state index is 0.174. The quantitative estimate of drug-likeness (QED) is 0.802. The number of halogens is 1. The van der Waals surface area contributed by atoms with Gasteiger partial charge in [0.15, 0.2) is 5.82 Å². The smallest absolute Gasteiger partial charge is 0.270 e. The Bertz CT molecular complexity index is 779. The average Bonchev–Trinajstić information content (AvgIpc) is 3.21. The van der Waals surface area contributed by atoms with Crippen LogP contribution in [0, 0.1) is 12.7 Å². The minimum atomic E-state index is -0.855. The molecule has 1 aromatic heterocycles. The predicted molar refractivity (Wildman–Crippen MR) is 89.5 cm³/mol. The van der Waals surface area contributed by atoms with E-state index in [-0.39, 0.29) is 18.1 Å². The Balaban J connectivity index is 1.84. The number of aryl methyl sites for hydroxylation is 1. The Labute approximate surface area is 144 Å². The molecule has 25 heavy (non-hydrogen) atoms. The minimum Gasteiger partial charge on any atom is -0.388 e. The van der Waals surface area contributed by atoms with Gasteiger partial charge in [0.1, 0.15) is 11.5 Å². The molecule has 2 aromatic rings. The van der Waals surface area contributed by atoms with Gasteiger partial charge in [0, 0.05) is 6.54 Å². The molecule has 1 aliphatic rings. The molecule has 0 aliphatic heterocycles. The summed E-state index contributed by atoms with van der Waals surface area (Å²) in [6, 6.07) is 5.75. The molecule has 1 fully saturated rings. The van der Waals surface area contributed by atoms with E-state index in [1.54, 1.807) is 25.1 Å². The lowest BCUT2D eigenvalue weighted by atomic mass is 10.0. The first-order valence-electron chi connectivity index (χ1n) is 8.20. The number of carbonyl (C=O) groups excluding carboxylic acids is 1. The summed E-state index contributed by atoms with van der Waals surface area (Å²) in [6.45, 7) is 1.85. The van der Waals surface area contributed by atoms with Crippen LogP contribution in [0.1, 0.15) is 37.1 Å². The number of rotatable bonds is 5. The molecule has 3 rings (SSSR count). The first kappa shape index (κ1) is 17.2. The van der Waals surface area contributed by atoms with Gasteiger partial charge in [-0.15, -0.1) is 5.10 Å². The van der Waals surface area contributed by atoms with Crippen molar-refractivity contribution in [2.45, 2.75) is 38.2 Å². The Morgan fingerprint density at radius 2 is 2.04 bits per heavy atom. The highest BCUT2D eigenvalue weighted by molar-refractivity contribution is 6.18. The Morgan fingerprint density at radius 3 is 2.64 bits per heavy atom. The van der Waals surface area contributed by atoms with Crippen molar-refractivity contribution in [3.05, 3.63) is 41.5 Å². The number of tetrazole rings is 1.